The van der Waals surface area contributed by atoms with Crippen LogP contribution in [0.2, 0.25) is 0 Å². The van der Waals surface area contributed by atoms with Gasteiger partial charge < -0.3 is 9.84 Å². The standard InChI is InChI=1S/C22H25NO5S/c1-14(22(24)25)16-8-5-9-17-20-18(10-11-19(20)28-21(16)17)23-29(26,27)13-12-15-6-3-2-4-7-15/h2-9,14,18-20,23H,10-13H2,1H3,(H,24,25). The van der Waals surface area contributed by atoms with E-state index in [1.165, 1.54) is 0 Å². The number of hydrogen-bond donors (Lipinski definition) is 2. The lowest BCUT2D eigenvalue weighted by Gasteiger charge is -2.20. The normalized spacial score (nSPS) is 23.8. The zero-order chi connectivity index (χ0) is 20.6. The molecule has 0 spiro atoms. The van der Waals surface area contributed by atoms with E-state index in [9.17, 15) is 18.3 Å². The molecule has 1 saturated carbocycles. The number of carbonyl (C=O) groups is 1. The molecule has 4 unspecified atom stereocenters. The van der Waals surface area contributed by atoms with Crippen LogP contribution in [0.4, 0.5) is 0 Å². The summed E-state index contributed by atoms with van der Waals surface area (Å²) in [6, 6.07) is 14.9. The lowest BCUT2D eigenvalue weighted by molar-refractivity contribution is -0.138. The summed E-state index contributed by atoms with van der Waals surface area (Å²) in [6.07, 6.45) is 1.79. The van der Waals surface area contributed by atoms with Crippen LogP contribution in [0.1, 0.15) is 48.3 Å². The fourth-order valence-electron chi connectivity index (χ4n) is 4.43. The summed E-state index contributed by atoms with van der Waals surface area (Å²) >= 11 is 0. The molecule has 2 aliphatic rings. The first kappa shape index (κ1) is 19.9. The van der Waals surface area contributed by atoms with Gasteiger partial charge in [-0.15, -0.1) is 0 Å². The number of nitrogens with one attached hydrogen (secondary N) is 1. The average Bonchev–Trinajstić information content (AvgIpc) is 3.26. The number of para-hydroxylation sites is 1. The molecule has 0 bridgehead atoms. The van der Waals surface area contributed by atoms with Gasteiger partial charge in [0.1, 0.15) is 11.9 Å². The molecule has 1 heterocycles. The highest BCUT2D eigenvalue weighted by Crippen LogP contribution is 2.49. The summed E-state index contributed by atoms with van der Waals surface area (Å²) in [6.45, 7) is 1.64. The molecule has 0 saturated heterocycles. The first-order chi connectivity index (χ1) is 13.9. The van der Waals surface area contributed by atoms with Gasteiger partial charge >= 0.3 is 5.97 Å². The molecule has 2 N–H and O–H groups in total. The number of hydrogen-bond acceptors (Lipinski definition) is 4. The molecule has 0 aromatic heterocycles. The second kappa shape index (κ2) is 7.80. The molecular formula is C22H25NO5S. The van der Waals surface area contributed by atoms with Gasteiger partial charge in [0.15, 0.2) is 0 Å². The van der Waals surface area contributed by atoms with E-state index in [1.807, 2.05) is 42.5 Å². The van der Waals surface area contributed by atoms with Crippen LogP contribution in [0.25, 0.3) is 0 Å². The fourth-order valence-corrected chi connectivity index (χ4v) is 5.78. The first-order valence-electron chi connectivity index (χ1n) is 9.92. The summed E-state index contributed by atoms with van der Waals surface area (Å²) < 4.78 is 34.4. The predicted octanol–water partition coefficient (Wildman–Crippen LogP) is 3.04. The maximum Gasteiger partial charge on any atom is 0.310 e. The second-order valence-corrected chi connectivity index (χ2v) is 9.74. The van der Waals surface area contributed by atoms with Gasteiger partial charge in [0, 0.05) is 23.1 Å². The highest BCUT2D eigenvalue weighted by Gasteiger charge is 2.47. The zero-order valence-corrected chi connectivity index (χ0v) is 17.1. The first-order valence-corrected chi connectivity index (χ1v) is 11.6. The Labute approximate surface area is 171 Å². The van der Waals surface area contributed by atoms with Crippen LogP contribution in [-0.4, -0.2) is 37.4 Å². The zero-order valence-electron chi connectivity index (χ0n) is 16.2. The third-order valence-electron chi connectivity index (χ3n) is 5.97. The minimum atomic E-state index is -3.44. The van der Waals surface area contributed by atoms with Crippen LogP contribution >= 0.6 is 0 Å². The van der Waals surface area contributed by atoms with Crippen LogP contribution in [0.3, 0.4) is 0 Å². The number of aliphatic carboxylic acids is 1. The Balaban J connectivity index is 1.51. The van der Waals surface area contributed by atoms with Gasteiger partial charge in [-0.25, -0.2) is 13.1 Å². The Morgan fingerprint density at radius 3 is 2.66 bits per heavy atom. The smallest absolute Gasteiger partial charge is 0.310 e. The molecule has 29 heavy (non-hydrogen) atoms. The molecule has 0 amide bonds. The van der Waals surface area contributed by atoms with Crippen LogP contribution in [0, 0.1) is 0 Å². The summed E-state index contributed by atoms with van der Waals surface area (Å²) in [5, 5.41) is 9.38. The molecule has 2 aromatic rings. The molecule has 1 aliphatic carbocycles. The largest absolute Gasteiger partial charge is 0.489 e. The number of carboxylic acid groups (broad SMARTS) is 1. The molecule has 7 heteroatoms. The van der Waals surface area contributed by atoms with Gasteiger partial charge in [-0.3, -0.25) is 4.79 Å². The van der Waals surface area contributed by atoms with E-state index in [0.29, 0.717) is 24.2 Å². The Hall–Kier alpha value is -2.38. The van der Waals surface area contributed by atoms with Gasteiger partial charge in [0.2, 0.25) is 10.0 Å². The molecule has 1 fully saturated rings. The maximum absolute atomic E-state index is 12.7. The highest BCUT2D eigenvalue weighted by atomic mass is 32.2. The molecular weight excluding hydrogens is 390 g/mol. The molecule has 154 valence electrons. The van der Waals surface area contributed by atoms with Crippen LogP contribution in [-0.2, 0) is 21.2 Å². The third-order valence-corrected chi connectivity index (χ3v) is 7.37. The van der Waals surface area contributed by atoms with Crippen molar-refractivity contribution in [2.75, 3.05) is 5.75 Å². The quantitative estimate of drug-likeness (QED) is 0.725. The van der Waals surface area contributed by atoms with Crippen molar-refractivity contribution < 1.29 is 23.1 Å². The Bertz CT molecular complexity index is 1010. The fraction of sp³-hybridized carbons (Fsp3) is 0.409. The number of carboxylic acids is 1. The van der Waals surface area contributed by atoms with Gasteiger partial charge in [-0.2, -0.15) is 0 Å². The number of fused-ring (bicyclic) bond motifs is 3. The second-order valence-electron chi connectivity index (χ2n) is 7.86. The van der Waals surface area contributed by atoms with E-state index in [1.54, 1.807) is 13.0 Å². The van der Waals surface area contributed by atoms with E-state index in [4.69, 9.17) is 4.74 Å². The highest BCUT2D eigenvalue weighted by molar-refractivity contribution is 7.89. The van der Waals surface area contributed by atoms with E-state index < -0.39 is 21.9 Å². The van der Waals surface area contributed by atoms with Gasteiger partial charge in [0.05, 0.1) is 11.7 Å². The SMILES string of the molecule is CC(C(=O)O)c1cccc2c1OC1CCC(NS(=O)(=O)CCc3ccccc3)C21. The van der Waals surface area contributed by atoms with Crippen molar-refractivity contribution in [3.05, 3.63) is 65.2 Å². The molecule has 2 aromatic carbocycles. The van der Waals surface area contributed by atoms with Crippen molar-refractivity contribution in [3.63, 3.8) is 0 Å². The maximum atomic E-state index is 12.7. The Morgan fingerprint density at radius 2 is 1.93 bits per heavy atom. The minimum Gasteiger partial charge on any atom is -0.489 e. The average molecular weight is 416 g/mol. The molecule has 4 rings (SSSR count). The van der Waals surface area contributed by atoms with E-state index in [-0.39, 0.29) is 23.8 Å². The van der Waals surface area contributed by atoms with Crippen molar-refractivity contribution in [3.8, 4) is 5.75 Å². The number of aryl methyl sites for hydroxylation is 1. The lowest BCUT2D eigenvalue weighted by Crippen LogP contribution is -2.39. The van der Waals surface area contributed by atoms with Gasteiger partial charge in [-0.1, -0.05) is 48.5 Å². The number of rotatable bonds is 7. The van der Waals surface area contributed by atoms with Gasteiger partial charge in [0.25, 0.3) is 0 Å². The number of ether oxygens (including phenoxy) is 1. The third kappa shape index (κ3) is 4.02. The van der Waals surface area contributed by atoms with Crippen LogP contribution in [0.15, 0.2) is 48.5 Å². The molecule has 4 atom stereocenters. The van der Waals surface area contributed by atoms with Crippen LogP contribution in [0.5, 0.6) is 5.75 Å². The minimum absolute atomic E-state index is 0.0364. The summed E-state index contributed by atoms with van der Waals surface area (Å²) in [5.41, 5.74) is 2.55. The molecule has 6 nitrogen and oxygen atoms in total. The van der Waals surface area contributed by atoms with Crippen molar-refractivity contribution in [2.24, 2.45) is 0 Å². The summed E-state index contributed by atoms with van der Waals surface area (Å²) in [5.74, 6) is -1.01. The lowest BCUT2D eigenvalue weighted by atomic mass is 9.90. The van der Waals surface area contributed by atoms with Crippen molar-refractivity contribution >= 4 is 16.0 Å². The summed E-state index contributed by atoms with van der Waals surface area (Å²) in [7, 11) is -3.44. The van der Waals surface area contributed by atoms with Crippen molar-refractivity contribution in [2.45, 2.75) is 50.2 Å². The van der Waals surface area contributed by atoms with Gasteiger partial charge in [-0.05, 0) is 31.7 Å². The molecule has 1 aliphatic heterocycles. The van der Waals surface area contributed by atoms with E-state index in [2.05, 4.69) is 4.72 Å². The summed E-state index contributed by atoms with van der Waals surface area (Å²) in [4.78, 5) is 11.4. The number of benzene rings is 2. The van der Waals surface area contributed by atoms with E-state index in [0.717, 1.165) is 17.5 Å². The van der Waals surface area contributed by atoms with Crippen LogP contribution < -0.4 is 9.46 Å². The number of sulfonamides is 1. The molecule has 0 radical (unpaired) electrons. The van der Waals surface area contributed by atoms with Crippen molar-refractivity contribution in [1.82, 2.24) is 4.72 Å². The predicted molar refractivity (Wildman–Crippen MR) is 110 cm³/mol. The van der Waals surface area contributed by atoms with E-state index >= 15 is 0 Å². The Morgan fingerprint density at radius 1 is 1.17 bits per heavy atom. The Kier molecular flexibility index (Phi) is 5.36. The topological polar surface area (TPSA) is 92.7 Å². The van der Waals surface area contributed by atoms with Crippen molar-refractivity contribution in [1.29, 1.82) is 0 Å². The monoisotopic (exact) mass is 415 g/mol.